The number of methoxy groups -OCH3 is 1. The molecule has 0 aromatic carbocycles. The molecule has 0 fully saturated rings. The third-order valence-corrected chi connectivity index (χ3v) is 2.29. The lowest BCUT2D eigenvalue weighted by Gasteiger charge is -2.13. The Morgan fingerprint density at radius 1 is 1.50 bits per heavy atom. The number of rotatable bonds is 3. The number of hydrogen-bond acceptors (Lipinski definition) is 4. The average Bonchev–Trinajstić information content (AvgIpc) is 2.36. The van der Waals surface area contributed by atoms with Crippen molar-refractivity contribution in [2.75, 3.05) is 7.11 Å². The van der Waals surface area contributed by atoms with Crippen molar-refractivity contribution in [2.24, 2.45) is 0 Å². The van der Waals surface area contributed by atoms with Gasteiger partial charge < -0.3 is 4.74 Å². The summed E-state index contributed by atoms with van der Waals surface area (Å²) in [6, 6.07) is 1.82. The van der Waals surface area contributed by atoms with Crippen LogP contribution in [-0.2, 0) is 22.1 Å². The summed E-state index contributed by atoms with van der Waals surface area (Å²) in [7, 11) is 0.980. The Bertz CT molecular complexity index is 563. The minimum absolute atomic E-state index is 0.503. The third-order valence-electron chi connectivity index (χ3n) is 2.29. The van der Waals surface area contributed by atoms with Gasteiger partial charge in [-0.25, -0.2) is 13.8 Å². The molecule has 0 aliphatic heterocycles. The summed E-state index contributed by atoms with van der Waals surface area (Å²) in [5.41, 5.74) is -4.36. The minimum atomic E-state index is -5.08. The van der Waals surface area contributed by atoms with Crippen molar-refractivity contribution in [1.29, 1.82) is 5.26 Å². The zero-order chi connectivity index (χ0) is 15.5. The lowest BCUT2D eigenvalue weighted by Crippen LogP contribution is -2.16. The monoisotopic (exact) mass is 294 g/mol. The van der Waals surface area contributed by atoms with Gasteiger partial charge in [-0.15, -0.1) is 0 Å². The Morgan fingerprint density at radius 2 is 2.10 bits per heavy atom. The first-order chi connectivity index (χ1) is 9.20. The average molecular weight is 294 g/mol. The molecule has 1 aromatic rings. The van der Waals surface area contributed by atoms with Gasteiger partial charge in [0.05, 0.1) is 19.1 Å². The molecule has 0 unspecified atom stereocenters. The first-order valence-corrected chi connectivity index (χ1v) is 5.06. The van der Waals surface area contributed by atoms with E-state index in [2.05, 4.69) is 9.72 Å². The largest absolute Gasteiger partial charge is 0.469 e. The van der Waals surface area contributed by atoms with Crippen LogP contribution < -0.4 is 0 Å². The van der Waals surface area contributed by atoms with Crippen molar-refractivity contribution < 1.29 is 31.5 Å². The van der Waals surface area contributed by atoms with E-state index in [-0.39, 0.29) is 0 Å². The van der Waals surface area contributed by atoms with Crippen LogP contribution in [0.5, 0.6) is 0 Å². The number of carbonyl (C=O) groups excluding carboxylic acids is 1. The van der Waals surface area contributed by atoms with Gasteiger partial charge in [-0.2, -0.15) is 18.4 Å². The minimum Gasteiger partial charge on any atom is -0.469 e. The molecule has 0 amide bonds. The van der Waals surface area contributed by atoms with Crippen LogP contribution in [0.15, 0.2) is 6.07 Å². The fraction of sp³-hybridized carbons (Fsp3) is 0.364. The van der Waals surface area contributed by atoms with Crippen molar-refractivity contribution in [2.45, 2.75) is 19.0 Å². The molecule has 1 heterocycles. The first kappa shape index (κ1) is 15.8. The van der Waals surface area contributed by atoms with E-state index in [1.807, 2.05) is 0 Å². The number of esters is 1. The predicted molar refractivity (Wildman–Crippen MR) is 54.6 cm³/mol. The fourth-order valence-corrected chi connectivity index (χ4v) is 1.43. The zero-order valence-corrected chi connectivity index (χ0v) is 9.96. The molecule has 0 N–H and O–H groups in total. The second kappa shape index (κ2) is 5.81. The molecule has 20 heavy (non-hydrogen) atoms. The Kier molecular flexibility index (Phi) is 4.60. The number of hydrogen-bond donors (Lipinski definition) is 0. The van der Waals surface area contributed by atoms with E-state index in [4.69, 9.17) is 5.26 Å². The smallest absolute Gasteiger partial charge is 0.434 e. The van der Waals surface area contributed by atoms with Crippen molar-refractivity contribution in [3.63, 3.8) is 0 Å². The third kappa shape index (κ3) is 3.40. The summed E-state index contributed by atoms with van der Waals surface area (Å²) in [5, 5.41) is 8.75. The van der Waals surface area contributed by atoms with Crippen molar-refractivity contribution in [3.05, 3.63) is 28.6 Å². The molecule has 0 radical (unpaired) electrons. The summed E-state index contributed by atoms with van der Waals surface area (Å²) >= 11 is 0. The van der Waals surface area contributed by atoms with E-state index in [1.165, 1.54) is 6.07 Å². The van der Waals surface area contributed by atoms with E-state index in [0.29, 0.717) is 6.07 Å². The normalized spacial score (nSPS) is 11.3. The van der Waals surface area contributed by atoms with E-state index in [1.54, 1.807) is 0 Å². The van der Waals surface area contributed by atoms with Gasteiger partial charge in [-0.05, 0) is 11.6 Å². The van der Waals surface area contributed by atoms with Gasteiger partial charge in [0.25, 0.3) is 6.43 Å². The van der Waals surface area contributed by atoms with Gasteiger partial charge in [0.1, 0.15) is 11.8 Å². The molecule has 1 rings (SSSR count). The highest BCUT2D eigenvalue weighted by molar-refractivity contribution is 5.73. The van der Waals surface area contributed by atoms with Gasteiger partial charge in [-0.3, -0.25) is 4.79 Å². The molecular weight excluding hydrogens is 287 g/mol. The number of pyridine rings is 1. The topological polar surface area (TPSA) is 63.0 Å². The highest BCUT2D eigenvalue weighted by Gasteiger charge is 2.38. The number of ether oxygens (including phenoxy) is 1. The first-order valence-electron chi connectivity index (χ1n) is 5.06. The van der Waals surface area contributed by atoms with Crippen LogP contribution in [0.4, 0.5) is 22.0 Å². The molecule has 0 aliphatic rings. The molecule has 0 saturated heterocycles. The maximum absolute atomic E-state index is 12.7. The molecule has 0 saturated carbocycles. The van der Waals surface area contributed by atoms with Crippen LogP contribution in [-0.4, -0.2) is 18.1 Å². The van der Waals surface area contributed by atoms with Gasteiger partial charge in [0.2, 0.25) is 0 Å². The molecule has 0 spiro atoms. The van der Waals surface area contributed by atoms with Crippen LogP contribution in [0.2, 0.25) is 0 Å². The number of nitriles is 1. The number of nitrogens with zero attached hydrogens (tertiary/aromatic N) is 2. The van der Waals surface area contributed by atoms with E-state index < -0.39 is 47.5 Å². The zero-order valence-electron chi connectivity index (χ0n) is 9.96. The van der Waals surface area contributed by atoms with E-state index in [0.717, 1.165) is 7.11 Å². The number of alkyl halides is 5. The van der Waals surface area contributed by atoms with Gasteiger partial charge in [0, 0.05) is 0 Å². The predicted octanol–water partition coefficient (Wildman–Crippen LogP) is 2.63. The number of halogens is 5. The Balaban J connectivity index is 3.52. The lowest BCUT2D eigenvalue weighted by atomic mass is 10.0. The quantitative estimate of drug-likeness (QED) is 0.635. The Morgan fingerprint density at radius 3 is 2.50 bits per heavy atom. The Labute approximate surface area is 109 Å². The van der Waals surface area contributed by atoms with Crippen molar-refractivity contribution in [1.82, 2.24) is 4.98 Å². The number of aromatic nitrogens is 1. The van der Waals surface area contributed by atoms with Crippen LogP contribution >= 0.6 is 0 Å². The molecule has 4 nitrogen and oxygen atoms in total. The summed E-state index contributed by atoms with van der Waals surface area (Å²) in [6.07, 6.45) is -9.08. The second-order valence-electron chi connectivity index (χ2n) is 3.59. The summed E-state index contributed by atoms with van der Waals surface area (Å²) in [5.74, 6) is -0.957. The van der Waals surface area contributed by atoms with E-state index in [9.17, 15) is 26.7 Å². The lowest BCUT2D eigenvalue weighted by molar-refractivity contribution is -0.142. The number of carbonyl (C=O) groups is 1. The van der Waals surface area contributed by atoms with Crippen molar-refractivity contribution in [3.8, 4) is 6.07 Å². The molecule has 108 valence electrons. The molecule has 9 heteroatoms. The molecule has 0 atom stereocenters. The summed E-state index contributed by atoms with van der Waals surface area (Å²) in [6.45, 7) is 0. The second-order valence-corrected chi connectivity index (χ2v) is 3.59. The van der Waals surface area contributed by atoms with Crippen molar-refractivity contribution >= 4 is 5.97 Å². The highest BCUT2D eigenvalue weighted by atomic mass is 19.4. The van der Waals surface area contributed by atoms with Crippen LogP contribution in [0, 0.1) is 11.3 Å². The molecular formula is C11H7F5N2O2. The molecule has 1 aromatic heterocycles. The molecule has 0 aliphatic carbocycles. The maximum atomic E-state index is 12.7. The summed E-state index contributed by atoms with van der Waals surface area (Å²) < 4.78 is 67.4. The van der Waals surface area contributed by atoms with Crippen LogP contribution in [0.25, 0.3) is 0 Å². The summed E-state index contributed by atoms with van der Waals surface area (Å²) in [4.78, 5) is 13.8. The van der Waals surface area contributed by atoms with Crippen LogP contribution in [0.1, 0.15) is 28.9 Å². The van der Waals surface area contributed by atoms with E-state index >= 15 is 0 Å². The fourth-order valence-electron chi connectivity index (χ4n) is 1.43. The van der Waals surface area contributed by atoms with Gasteiger partial charge >= 0.3 is 12.1 Å². The maximum Gasteiger partial charge on any atom is 0.434 e. The van der Waals surface area contributed by atoms with Gasteiger partial charge in [0.15, 0.2) is 5.69 Å². The SMILES string of the molecule is COC(=O)Cc1cc(C(F)F)nc(C(F)(F)F)c1C#N. The standard InChI is InChI=1S/C11H7F5N2O2/c1-20-8(19)3-5-2-7(10(12)13)18-9(6(5)4-17)11(14,15)16/h2,10H,3H2,1H3. The van der Waals surface area contributed by atoms with Gasteiger partial charge in [-0.1, -0.05) is 0 Å². The highest BCUT2D eigenvalue weighted by Crippen LogP contribution is 2.33. The molecule has 0 bridgehead atoms. The van der Waals surface area contributed by atoms with Crippen LogP contribution in [0.3, 0.4) is 0 Å². The Hall–Kier alpha value is -2.24.